The van der Waals surface area contributed by atoms with Crippen LogP contribution >= 0.6 is 0 Å². The molecule has 0 aliphatic rings. The minimum Gasteiger partial charge on any atom is -0.463 e. The summed E-state index contributed by atoms with van der Waals surface area (Å²) in [5, 5.41) is 0. The lowest BCUT2D eigenvalue weighted by Gasteiger charge is -2.16. The molecule has 0 aliphatic heterocycles. The van der Waals surface area contributed by atoms with E-state index in [1.807, 2.05) is 0 Å². The van der Waals surface area contributed by atoms with E-state index >= 15 is 0 Å². The Morgan fingerprint density at radius 1 is 0.771 bits per heavy atom. The van der Waals surface area contributed by atoms with E-state index in [0.717, 1.165) is 70.6 Å². The van der Waals surface area contributed by atoms with Crippen molar-refractivity contribution in [3.8, 4) is 11.8 Å². The molecular weight excluding hydrogens is 440 g/mol. The summed E-state index contributed by atoms with van der Waals surface area (Å²) in [6.07, 6.45) is 22.6. The lowest BCUT2D eigenvalue weighted by molar-refractivity contribution is -0.137. The van der Waals surface area contributed by atoms with E-state index in [4.69, 9.17) is 14.2 Å². The molecule has 5 heteroatoms. The van der Waals surface area contributed by atoms with E-state index in [-0.39, 0.29) is 18.7 Å². The minimum absolute atomic E-state index is 0.124. The van der Waals surface area contributed by atoms with Gasteiger partial charge in [0.25, 0.3) is 0 Å². The van der Waals surface area contributed by atoms with Crippen molar-refractivity contribution >= 4 is 12.1 Å². The first-order valence-corrected chi connectivity index (χ1v) is 13.9. The number of esters is 1. The Balaban J connectivity index is 4.02. The van der Waals surface area contributed by atoms with Crippen molar-refractivity contribution in [3.05, 3.63) is 24.8 Å². The smallest absolute Gasteiger partial charge is 0.463 e. The van der Waals surface area contributed by atoms with Crippen molar-refractivity contribution in [1.82, 2.24) is 0 Å². The van der Waals surface area contributed by atoms with Gasteiger partial charge in [-0.25, -0.2) is 9.59 Å². The maximum absolute atomic E-state index is 12.1. The van der Waals surface area contributed by atoms with Crippen LogP contribution in [0.25, 0.3) is 0 Å². The van der Waals surface area contributed by atoms with Crippen molar-refractivity contribution in [2.24, 2.45) is 0 Å². The Labute approximate surface area is 215 Å². The van der Waals surface area contributed by atoms with Gasteiger partial charge in [0.15, 0.2) is 0 Å². The van der Waals surface area contributed by atoms with Crippen molar-refractivity contribution < 1.29 is 23.8 Å². The molecule has 5 nitrogen and oxygen atoms in total. The second-order valence-electron chi connectivity index (χ2n) is 8.88. The molecule has 0 amide bonds. The molecule has 0 fully saturated rings. The summed E-state index contributed by atoms with van der Waals surface area (Å²) in [4.78, 5) is 23.0. The molecule has 0 heterocycles. The standard InChI is InChI=1S/C30H50O5/c1-4-7-9-11-18-23-27-34-30(32)35-28(24-20-10-8-5-2)25-21-17-15-13-12-14-16-19-22-26-33-29(31)6-3/h6,17,21,28H,3-5,7-10,12-16,19-20,22-27H2,1-2H3/b21-17-. The van der Waals surface area contributed by atoms with E-state index in [0.29, 0.717) is 13.0 Å². The predicted octanol–water partition coefficient (Wildman–Crippen LogP) is 8.47. The number of hydrogen-bond acceptors (Lipinski definition) is 5. The van der Waals surface area contributed by atoms with Crippen LogP contribution in [0.15, 0.2) is 24.8 Å². The van der Waals surface area contributed by atoms with Crippen LogP contribution in [0, 0.1) is 11.8 Å². The highest BCUT2D eigenvalue weighted by atomic mass is 16.7. The van der Waals surface area contributed by atoms with Crippen LogP contribution in [0.2, 0.25) is 0 Å². The second kappa shape index (κ2) is 26.4. The predicted molar refractivity (Wildman–Crippen MR) is 144 cm³/mol. The first-order chi connectivity index (χ1) is 17.1. The summed E-state index contributed by atoms with van der Waals surface area (Å²) in [6, 6.07) is 0. The topological polar surface area (TPSA) is 61.8 Å². The molecule has 0 aromatic carbocycles. The average Bonchev–Trinajstić information content (AvgIpc) is 2.86. The maximum atomic E-state index is 12.1. The lowest BCUT2D eigenvalue weighted by Crippen LogP contribution is -2.19. The van der Waals surface area contributed by atoms with E-state index in [2.05, 4.69) is 44.4 Å². The zero-order valence-corrected chi connectivity index (χ0v) is 22.5. The summed E-state index contributed by atoms with van der Waals surface area (Å²) in [6.45, 7) is 8.49. The third-order valence-corrected chi connectivity index (χ3v) is 5.61. The van der Waals surface area contributed by atoms with Crippen LogP contribution in [0.1, 0.15) is 123 Å². The molecule has 0 saturated carbocycles. The van der Waals surface area contributed by atoms with Gasteiger partial charge >= 0.3 is 12.1 Å². The van der Waals surface area contributed by atoms with Crippen LogP contribution < -0.4 is 0 Å². The molecular formula is C30H50O5. The number of ether oxygens (including phenoxy) is 3. The Bertz CT molecular complexity index is 614. The minimum atomic E-state index is -0.575. The van der Waals surface area contributed by atoms with Crippen LogP contribution in [-0.4, -0.2) is 31.4 Å². The molecule has 0 radical (unpaired) electrons. The number of carbonyl (C=O) groups excluding carboxylic acids is 2. The van der Waals surface area contributed by atoms with Crippen LogP contribution in [0.3, 0.4) is 0 Å². The van der Waals surface area contributed by atoms with E-state index in [9.17, 15) is 9.59 Å². The van der Waals surface area contributed by atoms with Gasteiger partial charge < -0.3 is 14.2 Å². The van der Waals surface area contributed by atoms with Crippen molar-refractivity contribution in [2.45, 2.75) is 129 Å². The molecule has 1 atom stereocenters. The van der Waals surface area contributed by atoms with Crippen molar-refractivity contribution in [3.63, 3.8) is 0 Å². The van der Waals surface area contributed by atoms with Gasteiger partial charge in [0.2, 0.25) is 0 Å². The van der Waals surface area contributed by atoms with Gasteiger partial charge in [-0.05, 0) is 38.5 Å². The molecule has 0 aliphatic carbocycles. The number of hydrogen-bond donors (Lipinski definition) is 0. The molecule has 200 valence electrons. The Kier molecular flexibility index (Phi) is 24.7. The first-order valence-electron chi connectivity index (χ1n) is 13.9. The van der Waals surface area contributed by atoms with Gasteiger partial charge in [-0.1, -0.05) is 89.9 Å². The summed E-state index contributed by atoms with van der Waals surface area (Å²) in [7, 11) is 0. The molecule has 0 saturated heterocycles. The van der Waals surface area contributed by atoms with Gasteiger partial charge in [0.1, 0.15) is 12.7 Å². The molecule has 0 N–H and O–H groups in total. The Morgan fingerprint density at radius 3 is 2.20 bits per heavy atom. The molecule has 0 bridgehead atoms. The van der Waals surface area contributed by atoms with Crippen LogP contribution in [0.5, 0.6) is 0 Å². The van der Waals surface area contributed by atoms with Crippen LogP contribution in [-0.2, 0) is 19.0 Å². The van der Waals surface area contributed by atoms with Gasteiger partial charge in [-0.3, -0.25) is 0 Å². The molecule has 0 spiro atoms. The summed E-state index contributed by atoms with van der Waals surface area (Å²) >= 11 is 0. The Hall–Kier alpha value is -2.22. The van der Waals surface area contributed by atoms with E-state index in [1.54, 1.807) is 0 Å². The fraction of sp³-hybridized carbons (Fsp3) is 0.733. The highest BCUT2D eigenvalue weighted by molar-refractivity contribution is 5.81. The zero-order chi connectivity index (χ0) is 25.8. The average molecular weight is 491 g/mol. The molecule has 0 aromatic rings. The molecule has 1 unspecified atom stereocenters. The molecule has 0 aromatic heterocycles. The molecule has 35 heavy (non-hydrogen) atoms. The van der Waals surface area contributed by atoms with E-state index in [1.165, 1.54) is 38.2 Å². The highest BCUT2D eigenvalue weighted by Gasteiger charge is 2.14. The largest absolute Gasteiger partial charge is 0.508 e. The van der Waals surface area contributed by atoms with Gasteiger partial charge in [0.05, 0.1) is 6.61 Å². The molecule has 0 rings (SSSR count). The fourth-order valence-electron chi connectivity index (χ4n) is 3.49. The SMILES string of the molecule is C=CC(=O)OCCCCCCCC/C=C\CC(CCCCCC)OC(=O)OCCC#CCCCC. The Morgan fingerprint density at radius 2 is 1.46 bits per heavy atom. The lowest BCUT2D eigenvalue weighted by atomic mass is 10.1. The highest BCUT2D eigenvalue weighted by Crippen LogP contribution is 2.14. The summed E-state index contributed by atoms with van der Waals surface area (Å²) in [5.41, 5.74) is 0. The number of rotatable bonds is 22. The second-order valence-corrected chi connectivity index (χ2v) is 8.88. The summed E-state index contributed by atoms with van der Waals surface area (Å²) in [5.74, 6) is 5.80. The number of carbonyl (C=O) groups is 2. The van der Waals surface area contributed by atoms with Crippen molar-refractivity contribution in [1.29, 1.82) is 0 Å². The van der Waals surface area contributed by atoms with Gasteiger partial charge in [-0.15, -0.1) is 5.92 Å². The monoisotopic (exact) mass is 490 g/mol. The first kappa shape index (κ1) is 32.8. The maximum Gasteiger partial charge on any atom is 0.508 e. The number of allylic oxidation sites excluding steroid dienone is 1. The summed E-state index contributed by atoms with van der Waals surface area (Å²) < 4.78 is 15.8. The van der Waals surface area contributed by atoms with Gasteiger partial charge in [0, 0.05) is 25.3 Å². The third-order valence-electron chi connectivity index (χ3n) is 5.61. The normalized spacial score (nSPS) is 11.5. The number of unbranched alkanes of at least 4 members (excludes halogenated alkanes) is 11. The van der Waals surface area contributed by atoms with Crippen molar-refractivity contribution in [2.75, 3.05) is 13.2 Å². The van der Waals surface area contributed by atoms with Crippen LogP contribution in [0.4, 0.5) is 4.79 Å². The zero-order valence-electron chi connectivity index (χ0n) is 22.5. The third kappa shape index (κ3) is 24.7. The fourth-order valence-corrected chi connectivity index (χ4v) is 3.49. The quantitative estimate of drug-likeness (QED) is 0.0500. The van der Waals surface area contributed by atoms with E-state index < -0.39 is 6.16 Å². The van der Waals surface area contributed by atoms with Gasteiger partial charge in [-0.2, -0.15) is 0 Å².